The average molecular weight is 305 g/mol. The summed E-state index contributed by atoms with van der Waals surface area (Å²) in [5.41, 5.74) is 7.96. The van der Waals surface area contributed by atoms with E-state index in [2.05, 4.69) is 25.8 Å². The van der Waals surface area contributed by atoms with Crippen molar-refractivity contribution in [3.05, 3.63) is 24.0 Å². The van der Waals surface area contributed by atoms with Crippen molar-refractivity contribution in [2.24, 2.45) is 0 Å². The third-order valence-electron chi connectivity index (χ3n) is 3.32. The Balaban J connectivity index is 2.38. The fourth-order valence-electron chi connectivity index (χ4n) is 2.31. The van der Waals surface area contributed by atoms with Gasteiger partial charge >= 0.3 is 5.97 Å². The van der Waals surface area contributed by atoms with Crippen LogP contribution in [0.1, 0.15) is 26.6 Å². The van der Waals surface area contributed by atoms with E-state index in [0.717, 1.165) is 16.9 Å². The molecule has 22 heavy (non-hydrogen) atoms. The zero-order valence-corrected chi connectivity index (χ0v) is 13.5. The number of para-hydroxylation sites is 1. The van der Waals surface area contributed by atoms with Gasteiger partial charge in [0, 0.05) is 12.5 Å². The lowest BCUT2D eigenvalue weighted by atomic mass is 9.95. The molecule has 120 valence electrons. The largest absolute Gasteiger partial charge is 0.462 e. The monoisotopic (exact) mass is 305 g/mol. The summed E-state index contributed by atoms with van der Waals surface area (Å²) >= 11 is 0. The Labute approximate surface area is 130 Å². The highest BCUT2D eigenvalue weighted by molar-refractivity contribution is 5.88. The summed E-state index contributed by atoms with van der Waals surface area (Å²) in [6.45, 7) is 6.90. The minimum Gasteiger partial charge on any atom is -0.462 e. The molecular formula is C16H23N3O3. The van der Waals surface area contributed by atoms with Gasteiger partial charge in [0.1, 0.15) is 24.5 Å². The normalized spacial score (nSPS) is 11.8. The predicted molar refractivity (Wildman–Crippen MR) is 85.7 cm³/mol. The first-order valence-electron chi connectivity index (χ1n) is 7.24. The molecule has 2 aromatic rings. The molecule has 0 fully saturated rings. The first-order chi connectivity index (χ1) is 10.3. The molecule has 0 radical (unpaired) electrons. The zero-order valence-electron chi connectivity index (χ0n) is 13.5. The molecule has 1 aromatic heterocycles. The van der Waals surface area contributed by atoms with Gasteiger partial charge in [0.2, 0.25) is 0 Å². The summed E-state index contributed by atoms with van der Waals surface area (Å²) < 4.78 is 11.9. The molecular weight excluding hydrogens is 282 g/mol. The topological polar surface area (TPSA) is 79.4 Å². The highest BCUT2D eigenvalue weighted by Crippen LogP contribution is 2.29. The second-order valence-corrected chi connectivity index (χ2v) is 6.20. The van der Waals surface area contributed by atoms with Gasteiger partial charge in [-0.15, -0.1) is 0 Å². The molecule has 0 saturated heterocycles. The average Bonchev–Trinajstić information content (AvgIpc) is 2.79. The summed E-state index contributed by atoms with van der Waals surface area (Å²) in [4.78, 5) is 16.7. The summed E-state index contributed by atoms with van der Waals surface area (Å²) in [7, 11) is 1.57. The second kappa shape index (κ2) is 6.36. The van der Waals surface area contributed by atoms with Crippen LogP contribution in [0.3, 0.4) is 0 Å². The number of methoxy groups -OCH3 is 1. The van der Waals surface area contributed by atoms with E-state index >= 15 is 0 Å². The second-order valence-electron chi connectivity index (χ2n) is 6.20. The Morgan fingerprint density at radius 1 is 1.32 bits per heavy atom. The lowest BCUT2D eigenvalue weighted by Crippen LogP contribution is -2.23. The van der Waals surface area contributed by atoms with Crippen LogP contribution in [-0.2, 0) is 26.2 Å². The number of benzene rings is 1. The number of imidazole rings is 1. The number of carbonyl (C=O) groups excluding carboxylic acids is 1. The van der Waals surface area contributed by atoms with Gasteiger partial charge in [-0.2, -0.15) is 0 Å². The number of nitrogens with zero attached hydrogens (tertiary/aromatic N) is 2. The molecule has 0 saturated carbocycles. The van der Waals surface area contributed by atoms with Crippen LogP contribution < -0.4 is 5.73 Å². The van der Waals surface area contributed by atoms with Crippen molar-refractivity contribution in [3.63, 3.8) is 0 Å². The van der Waals surface area contributed by atoms with Gasteiger partial charge in [-0.05, 0) is 12.1 Å². The van der Waals surface area contributed by atoms with Gasteiger partial charge in [0.15, 0.2) is 0 Å². The predicted octanol–water partition coefficient (Wildman–Crippen LogP) is 2.11. The molecule has 0 aliphatic carbocycles. The molecule has 0 aliphatic heterocycles. The van der Waals surface area contributed by atoms with Gasteiger partial charge in [-0.25, -0.2) is 4.98 Å². The molecule has 1 heterocycles. The highest BCUT2D eigenvalue weighted by Gasteiger charge is 2.25. The van der Waals surface area contributed by atoms with E-state index in [1.165, 1.54) is 0 Å². The fourth-order valence-corrected chi connectivity index (χ4v) is 2.31. The number of nitrogens with two attached hydrogens (primary N) is 1. The smallest absolute Gasteiger partial charge is 0.326 e. The van der Waals surface area contributed by atoms with E-state index in [-0.39, 0.29) is 24.5 Å². The summed E-state index contributed by atoms with van der Waals surface area (Å²) in [6, 6.07) is 5.58. The van der Waals surface area contributed by atoms with E-state index in [0.29, 0.717) is 12.3 Å². The number of hydrogen-bond donors (Lipinski definition) is 1. The summed E-state index contributed by atoms with van der Waals surface area (Å²) in [6.07, 6.45) is 0. The van der Waals surface area contributed by atoms with Crippen LogP contribution in [0, 0.1) is 0 Å². The Bertz CT molecular complexity index is 671. The van der Waals surface area contributed by atoms with Crippen LogP contribution in [-0.4, -0.2) is 35.8 Å². The van der Waals surface area contributed by atoms with Gasteiger partial charge in [0.25, 0.3) is 0 Å². The molecule has 0 unspecified atom stereocenters. The first kappa shape index (κ1) is 16.3. The molecule has 6 heteroatoms. The van der Waals surface area contributed by atoms with Crippen molar-refractivity contribution in [1.29, 1.82) is 0 Å². The molecule has 1 aromatic carbocycles. The third-order valence-corrected chi connectivity index (χ3v) is 3.32. The van der Waals surface area contributed by atoms with Gasteiger partial charge < -0.3 is 19.8 Å². The molecule has 6 nitrogen and oxygen atoms in total. The van der Waals surface area contributed by atoms with Crippen molar-refractivity contribution in [3.8, 4) is 0 Å². The van der Waals surface area contributed by atoms with E-state index in [4.69, 9.17) is 15.2 Å². The summed E-state index contributed by atoms with van der Waals surface area (Å²) in [5.74, 6) is 0.494. The van der Waals surface area contributed by atoms with Crippen LogP contribution in [0.4, 0.5) is 5.69 Å². The number of aromatic nitrogens is 2. The highest BCUT2D eigenvalue weighted by atomic mass is 16.6. The van der Waals surface area contributed by atoms with Gasteiger partial charge in [-0.1, -0.05) is 26.8 Å². The standard InChI is InChI=1S/C16H23N3O3/c1-16(2,3)15-18-14-11(17)6-5-7-12(14)19(15)10-13(20)22-9-8-21-4/h5-7H,8-10,17H2,1-4H3. The van der Waals surface area contributed by atoms with Crippen LogP contribution >= 0.6 is 0 Å². The van der Waals surface area contributed by atoms with E-state index in [1.54, 1.807) is 7.11 Å². The zero-order chi connectivity index (χ0) is 16.3. The number of fused-ring (bicyclic) bond motifs is 1. The Morgan fingerprint density at radius 2 is 2.05 bits per heavy atom. The number of rotatable bonds is 5. The minimum atomic E-state index is -0.315. The maximum atomic E-state index is 12.0. The Hall–Kier alpha value is -2.08. The van der Waals surface area contributed by atoms with Crippen molar-refractivity contribution in [2.75, 3.05) is 26.1 Å². The summed E-state index contributed by atoms with van der Waals surface area (Å²) in [5, 5.41) is 0. The number of esters is 1. The molecule has 0 spiro atoms. The van der Waals surface area contributed by atoms with Crippen molar-refractivity contribution >= 4 is 22.7 Å². The lowest BCUT2D eigenvalue weighted by Gasteiger charge is -2.19. The van der Waals surface area contributed by atoms with Gasteiger partial charge in [-0.3, -0.25) is 4.79 Å². The first-order valence-corrected chi connectivity index (χ1v) is 7.24. The van der Waals surface area contributed by atoms with Crippen molar-refractivity contribution in [1.82, 2.24) is 9.55 Å². The maximum Gasteiger partial charge on any atom is 0.326 e. The molecule has 2 rings (SSSR count). The van der Waals surface area contributed by atoms with Crippen LogP contribution in [0.15, 0.2) is 18.2 Å². The number of carbonyl (C=O) groups is 1. The van der Waals surface area contributed by atoms with Crippen LogP contribution in [0.5, 0.6) is 0 Å². The Morgan fingerprint density at radius 3 is 2.68 bits per heavy atom. The quantitative estimate of drug-likeness (QED) is 0.520. The lowest BCUT2D eigenvalue weighted by molar-refractivity contribution is -0.145. The third kappa shape index (κ3) is 3.39. The number of nitrogen functional groups attached to an aromatic ring is 1. The number of ether oxygens (including phenoxy) is 2. The molecule has 0 aliphatic rings. The molecule has 0 atom stereocenters. The van der Waals surface area contributed by atoms with Crippen molar-refractivity contribution in [2.45, 2.75) is 32.7 Å². The minimum absolute atomic E-state index is 0.107. The van der Waals surface area contributed by atoms with E-state index in [1.807, 2.05) is 22.8 Å². The molecule has 2 N–H and O–H groups in total. The van der Waals surface area contributed by atoms with E-state index in [9.17, 15) is 4.79 Å². The van der Waals surface area contributed by atoms with E-state index < -0.39 is 0 Å². The SMILES string of the molecule is COCCOC(=O)Cn1c(C(C)(C)C)nc2c(N)cccc21. The van der Waals surface area contributed by atoms with Crippen LogP contribution in [0.2, 0.25) is 0 Å². The molecule has 0 amide bonds. The molecule has 0 bridgehead atoms. The number of hydrogen-bond acceptors (Lipinski definition) is 5. The maximum absolute atomic E-state index is 12.0. The van der Waals surface area contributed by atoms with Gasteiger partial charge in [0.05, 0.1) is 17.8 Å². The Kier molecular flexibility index (Phi) is 4.71. The fraction of sp³-hybridized carbons (Fsp3) is 0.500. The van der Waals surface area contributed by atoms with Crippen molar-refractivity contribution < 1.29 is 14.3 Å². The number of anilines is 1. The van der Waals surface area contributed by atoms with Crippen LogP contribution in [0.25, 0.3) is 11.0 Å².